The van der Waals surface area contributed by atoms with Crippen molar-refractivity contribution in [3.63, 3.8) is 0 Å². The van der Waals surface area contributed by atoms with E-state index in [1.807, 2.05) is 31.1 Å². The highest BCUT2D eigenvalue weighted by Gasteiger charge is 2.16. The van der Waals surface area contributed by atoms with Gasteiger partial charge >= 0.3 is 6.03 Å². The van der Waals surface area contributed by atoms with Crippen molar-refractivity contribution in [2.24, 2.45) is 0 Å². The van der Waals surface area contributed by atoms with Crippen molar-refractivity contribution in [2.45, 2.75) is 18.8 Å². The number of nitrogens with one attached hydrogen (secondary N) is 1. The molecule has 0 spiro atoms. The van der Waals surface area contributed by atoms with Gasteiger partial charge in [-0.05, 0) is 44.6 Å². The summed E-state index contributed by atoms with van der Waals surface area (Å²) in [4.78, 5) is 16.7. The lowest BCUT2D eigenvalue weighted by atomic mass is 9.88. The van der Waals surface area contributed by atoms with Crippen LogP contribution in [0.15, 0.2) is 60.7 Å². The lowest BCUT2D eigenvalue weighted by Gasteiger charge is -2.24. The number of rotatable bonds is 12. The molecule has 2 amide bonds. The van der Waals surface area contributed by atoms with Gasteiger partial charge in [0.15, 0.2) is 0 Å². The zero-order valence-electron chi connectivity index (χ0n) is 18.0. The summed E-state index contributed by atoms with van der Waals surface area (Å²) < 4.78 is 5.18. The number of amides is 2. The Balaban J connectivity index is 1.94. The summed E-state index contributed by atoms with van der Waals surface area (Å²) in [6, 6.07) is 21.0. The van der Waals surface area contributed by atoms with Gasteiger partial charge < -0.3 is 19.9 Å². The first-order valence-electron chi connectivity index (χ1n) is 10.4. The van der Waals surface area contributed by atoms with E-state index in [1.165, 1.54) is 11.1 Å². The second-order valence-corrected chi connectivity index (χ2v) is 7.53. The van der Waals surface area contributed by atoms with E-state index in [9.17, 15) is 4.79 Å². The van der Waals surface area contributed by atoms with Crippen molar-refractivity contribution in [3.8, 4) is 0 Å². The number of hydrogen-bond acceptors (Lipinski definition) is 3. The van der Waals surface area contributed by atoms with Crippen LogP contribution in [0.4, 0.5) is 4.79 Å². The molecule has 2 aromatic carbocycles. The highest BCUT2D eigenvalue weighted by atomic mass is 16.5. The van der Waals surface area contributed by atoms with Crippen LogP contribution in [0.25, 0.3) is 0 Å². The molecule has 29 heavy (non-hydrogen) atoms. The van der Waals surface area contributed by atoms with E-state index >= 15 is 0 Å². The SMILES string of the molecule is COCCN(CCCN(C)C)C(=O)NCCC(c1ccccc1)c1ccccc1. The van der Waals surface area contributed by atoms with Crippen molar-refractivity contribution in [1.29, 1.82) is 0 Å². The van der Waals surface area contributed by atoms with Gasteiger partial charge in [-0.1, -0.05) is 60.7 Å². The number of benzene rings is 2. The first-order chi connectivity index (χ1) is 14.1. The van der Waals surface area contributed by atoms with Crippen molar-refractivity contribution in [3.05, 3.63) is 71.8 Å². The summed E-state index contributed by atoms with van der Waals surface area (Å²) in [5.74, 6) is 0.263. The number of ether oxygens (including phenoxy) is 1. The third kappa shape index (κ3) is 8.26. The van der Waals surface area contributed by atoms with E-state index in [1.54, 1.807) is 7.11 Å². The highest BCUT2D eigenvalue weighted by Crippen LogP contribution is 2.27. The van der Waals surface area contributed by atoms with Crippen LogP contribution < -0.4 is 5.32 Å². The van der Waals surface area contributed by atoms with Crippen molar-refractivity contribution in [1.82, 2.24) is 15.1 Å². The zero-order chi connectivity index (χ0) is 20.9. The average Bonchev–Trinajstić information content (AvgIpc) is 2.74. The first kappa shape index (κ1) is 22.9. The quantitative estimate of drug-likeness (QED) is 0.592. The Morgan fingerprint density at radius 1 is 0.931 bits per heavy atom. The molecule has 0 aliphatic rings. The maximum absolute atomic E-state index is 12.7. The van der Waals surface area contributed by atoms with E-state index in [0.29, 0.717) is 19.7 Å². The Kier molecular flexibility index (Phi) is 10.2. The molecule has 2 rings (SSSR count). The molecular formula is C24H35N3O2. The van der Waals surface area contributed by atoms with Gasteiger partial charge in [0.1, 0.15) is 0 Å². The summed E-state index contributed by atoms with van der Waals surface area (Å²) in [5.41, 5.74) is 2.55. The van der Waals surface area contributed by atoms with Crippen LogP contribution in [0.5, 0.6) is 0 Å². The topological polar surface area (TPSA) is 44.8 Å². The molecule has 0 unspecified atom stereocenters. The lowest BCUT2D eigenvalue weighted by Crippen LogP contribution is -2.43. The summed E-state index contributed by atoms with van der Waals surface area (Å²) >= 11 is 0. The summed E-state index contributed by atoms with van der Waals surface area (Å²) in [7, 11) is 5.76. The Morgan fingerprint density at radius 3 is 2.03 bits per heavy atom. The number of carbonyl (C=O) groups excluding carboxylic acids is 1. The molecule has 0 fully saturated rings. The molecule has 0 aliphatic heterocycles. The van der Waals surface area contributed by atoms with Crippen LogP contribution in [-0.2, 0) is 4.74 Å². The molecule has 0 bridgehead atoms. The molecule has 0 radical (unpaired) electrons. The van der Waals surface area contributed by atoms with Crippen LogP contribution in [0.2, 0.25) is 0 Å². The maximum Gasteiger partial charge on any atom is 0.317 e. The van der Waals surface area contributed by atoms with E-state index in [2.05, 4.69) is 58.7 Å². The van der Waals surface area contributed by atoms with Crippen LogP contribution in [-0.4, -0.2) is 69.8 Å². The zero-order valence-corrected chi connectivity index (χ0v) is 18.0. The summed E-state index contributed by atoms with van der Waals surface area (Å²) in [6.45, 7) is 3.47. The molecule has 5 nitrogen and oxygen atoms in total. The normalized spacial score (nSPS) is 11.1. The predicted molar refractivity (Wildman–Crippen MR) is 119 cm³/mol. The van der Waals surface area contributed by atoms with Gasteiger partial charge in [0.05, 0.1) is 6.61 Å². The van der Waals surface area contributed by atoms with E-state index in [0.717, 1.165) is 25.9 Å². The molecule has 0 atom stereocenters. The number of urea groups is 1. The fraction of sp³-hybridized carbons (Fsp3) is 0.458. The van der Waals surface area contributed by atoms with Crippen molar-refractivity contribution in [2.75, 3.05) is 54.0 Å². The fourth-order valence-electron chi connectivity index (χ4n) is 3.43. The summed E-state index contributed by atoms with van der Waals surface area (Å²) in [6.07, 6.45) is 1.80. The largest absolute Gasteiger partial charge is 0.383 e. The summed E-state index contributed by atoms with van der Waals surface area (Å²) in [5, 5.41) is 3.12. The Hall–Kier alpha value is -2.37. The van der Waals surface area contributed by atoms with Crippen LogP contribution in [0.3, 0.4) is 0 Å². The minimum Gasteiger partial charge on any atom is -0.383 e. The molecule has 0 aromatic heterocycles. The second-order valence-electron chi connectivity index (χ2n) is 7.53. The van der Waals surface area contributed by atoms with Gasteiger partial charge in [0.25, 0.3) is 0 Å². The maximum atomic E-state index is 12.7. The highest BCUT2D eigenvalue weighted by molar-refractivity contribution is 5.74. The van der Waals surface area contributed by atoms with Crippen LogP contribution >= 0.6 is 0 Å². The molecule has 0 aliphatic carbocycles. The third-order valence-electron chi connectivity index (χ3n) is 5.00. The van der Waals surface area contributed by atoms with E-state index in [-0.39, 0.29) is 11.9 Å². The second kappa shape index (κ2) is 13.0. The van der Waals surface area contributed by atoms with Gasteiger partial charge in [-0.3, -0.25) is 0 Å². The first-order valence-corrected chi connectivity index (χ1v) is 10.4. The molecule has 1 N–H and O–H groups in total. The fourth-order valence-corrected chi connectivity index (χ4v) is 3.43. The molecule has 5 heteroatoms. The molecule has 0 saturated heterocycles. The molecule has 0 heterocycles. The van der Waals surface area contributed by atoms with Crippen molar-refractivity contribution < 1.29 is 9.53 Å². The van der Waals surface area contributed by atoms with Crippen molar-refractivity contribution >= 4 is 6.03 Å². The Bertz CT molecular complexity index is 652. The number of methoxy groups -OCH3 is 1. The molecule has 2 aromatic rings. The number of nitrogens with zero attached hydrogens (tertiary/aromatic N) is 2. The van der Waals surface area contributed by atoms with E-state index in [4.69, 9.17) is 4.74 Å². The predicted octanol–water partition coefficient (Wildman–Crippen LogP) is 3.82. The van der Waals surface area contributed by atoms with Crippen LogP contribution in [0, 0.1) is 0 Å². The average molecular weight is 398 g/mol. The number of carbonyl (C=O) groups is 1. The molecular weight excluding hydrogens is 362 g/mol. The van der Waals surface area contributed by atoms with Gasteiger partial charge in [0.2, 0.25) is 0 Å². The van der Waals surface area contributed by atoms with E-state index < -0.39 is 0 Å². The van der Waals surface area contributed by atoms with Gasteiger partial charge in [-0.25, -0.2) is 4.79 Å². The number of hydrogen-bond donors (Lipinski definition) is 1. The van der Waals surface area contributed by atoms with Gasteiger partial charge in [-0.2, -0.15) is 0 Å². The molecule has 158 valence electrons. The minimum absolute atomic E-state index is 0.0133. The monoisotopic (exact) mass is 397 g/mol. The standard InChI is InChI=1S/C24H35N3O2/c1-26(2)17-10-18-27(19-20-29-3)24(28)25-16-15-23(21-11-6-4-7-12-21)22-13-8-5-9-14-22/h4-9,11-14,23H,10,15-20H2,1-3H3,(H,25,28). The van der Waals surface area contributed by atoms with Gasteiger partial charge in [-0.15, -0.1) is 0 Å². The van der Waals surface area contributed by atoms with Crippen LogP contribution in [0.1, 0.15) is 29.9 Å². The Labute approximate surface area is 175 Å². The van der Waals surface area contributed by atoms with Gasteiger partial charge in [0, 0.05) is 32.7 Å². The Morgan fingerprint density at radius 2 is 1.52 bits per heavy atom. The lowest BCUT2D eigenvalue weighted by molar-refractivity contribution is 0.147. The smallest absolute Gasteiger partial charge is 0.317 e. The third-order valence-corrected chi connectivity index (χ3v) is 5.00. The minimum atomic E-state index is -0.0133. The molecule has 0 saturated carbocycles.